The summed E-state index contributed by atoms with van der Waals surface area (Å²) >= 11 is 2.01. The first-order valence-corrected chi connectivity index (χ1v) is 9.43. The molecule has 128 valence electrons. The van der Waals surface area contributed by atoms with Gasteiger partial charge in [0, 0.05) is 47.2 Å². The number of H-pyrrole nitrogens is 1. The van der Waals surface area contributed by atoms with E-state index in [9.17, 15) is 4.79 Å². The minimum absolute atomic E-state index is 0.0101. The molecule has 2 heterocycles. The highest BCUT2D eigenvalue weighted by Crippen LogP contribution is 2.26. The molecule has 5 nitrogen and oxygen atoms in total. The van der Waals surface area contributed by atoms with Crippen molar-refractivity contribution in [3.8, 4) is 0 Å². The number of thioether (sulfide) groups is 1. The lowest BCUT2D eigenvalue weighted by molar-refractivity contribution is -0.115. The molecule has 6 heteroatoms. The second-order valence-corrected chi connectivity index (χ2v) is 7.46. The van der Waals surface area contributed by atoms with Crippen LogP contribution in [-0.2, 0) is 11.2 Å². The summed E-state index contributed by atoms with van der Waals surface area (Å²) in [6, 6.07) is 6.18. The lowest BCUT2D eigenvalue weighted by atomic mass is 10.1. The van der Waals surface area contributed by atoms with E-state index in [1.54, 1.807) is 0 Å². The van der Waals surface area contributed by atoms with E-state index in [2.05, 4.69) is 39.5 Å². The molecule has 1 fully saturated rings. The number of anilines is 2. The number of amides is 1. The molecule has 0 saturated carbocycles. The third kappa shape index (κ3) is 3.75. The third-order valence-electron chi connectivity index (χ3n) is 4.45. The molecule has 1 amide bonds. The first-order chi connectivity index (χ1) is 11.5. The van der Waals surface area contributed by atoms with Crippen LogP contribution >= 0.6 is 11.8 Å². The van der Waals surface area contributed by atoms with Crippen LogP contribution in [0.25, 0.3) is 0 Å². The van der Waals surface area contributed by atoms with Crippen molar-refractivity contribution in [2.45, 2.75) is 27.2 Å². The number of aromatic nitrogens is 2. The second kappa shape index (κ2) is 7.30. The van der Waals surface area contributed by atoms with Gasteiger partial charge in [-0.1, -0.05) is 0 Å². The van der Waals surface area contributed by atoms with Gasteiger partial charge in [0.25, 0.3) is 0 Å². The Hall–Kier alpha value is -1.95. The van der Waals surface area contributed by atoms with Crippen LogP contribution in [0.15, 0.2) is 18.2 Å². The highest BCUT2D eigenvalue weighted by atomic mass is 32.2. The Labute approximate surface area is 147 Å². The van der Waals surface area contributed by atoms with Crippen molar-refractivity contribution < 1.29 is 4.79 Å². The molecule has 1 aliphatic rings. The largest absolute Gasteiger partial charge is 0.370 e. The molecule has 0 atom stereocenters. The van der Waals surface area contributed by atoms with Gasteiger partial charge in [-0.25, -0.2) is 0 Å². The number of nitrogens with one attached hydrogen (secondary N) is 2. The number of hydrogen-bond donors (Lipinski definition) is 2. The monoisotopic (exact) mass is 344 g/mol. The predicted molar refractivity (Wildman–Crippen MR) is 101 cm³/mol. The molecule has 3 rings (SSSR count). The normalized spacial score (nSPS) is 14.7. The van der Waals surface area contributed by atoms with Crippen molar-refractivity contribution in [1.29, 1.82) is 0 Å². The molecule has 0 aliphatic carbocycles. The average Bonchev–Trinajstić information content (AvgIpc) is 2.88. The molecule has 1 aromatic heterocycles. The van der Waals surface area contributed by atoms with Gasteiger partial charge in [-0.3, -0.25) is 9.89 Å². The zero-order chi connectivity index (χ0) is 17.1. The average molecular weight is 344 g/mol. The third-order valence-corrected chi connectivity index (χ3v) is 5.39. The smallest absolute Gasteiger partial charge is 0.228 e. The molecule has 1 aromatic carbocycles. The predicted octanol–water partition coefficient (Wildman–Crippen LogP) is 3.07. The zero-order valence-electron chi connectivity index (χ0n) is 14.5. The standard InChI is InChI=1S/C18H24N4OS/c1-12-10-15(4-5-17(12)22-6-8-24-9-7-22)19-18(23)11-16-13(2)20-21-14(16)3/h4-5,10H,6-9,11H2,1-3H3,(H,19,23)(H,20,21). The number of rotatable bonds is 4. The maximum absolute atomic E-state index is 12.3. The lowest BCUT2D eigenvalue weighted by Gasteiger charge is -2.30. The van der Waals surface area contributed by atoms with Gasteiger partial charge >= 0.3 is 0 Å². The molecule has 2 N–H and O–H groups in total. The summed E-state index contributed by atoms with van der Waals surface area (Å²) in [4.78, 5) is 14.7. The van der Waals surface area contributed by atoms with Gasteiger partial charge in [-0.15, -0.1) is 0 Å². The van der Waals surface area contributed by atoms with Gasteiger partial charge in [0.05, 0.1) is 12.1 Å². The SMILES string of the molecule is Cc1cc(NC(=O)Cc2c(C)n[nH]c2C)ccc1N1CCSCC1. The summed E-state index contributed by atoms with van der Waals surface area (Å²) in [5.74, 6) is 2.35. The fraction of sp³-hybridized carbons (Fsp3) is 0.444. The molecule has 0 bridgehead atoms. The van der Waals surface area contributed by atoms with Gasteiger partial charge in [0.1, 0.15) is 0 Å². The molecule has 0 spiro atoms. The van der Waals surface area contributed by atoms with Crippen molar-refractivity contribution in [2.75, 3.05) is 34.8 Å². The summed E-state index contributed by atoms with van der Waals surface area (Å²) < 4.78 is 0. The Morgan fingerprint density at radius 2 is 2.04 bits per heavy atom. The fourth-order valence-corrected chi connectivity index (χ4v) is 4.00. The van der Waals surface area contributed by atoms with E-state index in [0.29, 0.717) is 6.42 Å². The first-order valence-electron chi connectivity index (χ1n) is 8.28. The minimum atomic E-state index is -0.0101. The molecule has 1 aliphatic heterocycles. The van der Waals surface area contributed by atoms with E-state index < -0.39 is 0 Å². The number of carbonyl (C=O) groups is 1. The number of hydrogen-bond acceptors (Lipinski definition) is 4. The van der Waals surface area contributed by atoms with E-state index in [1.807, 2.05) is 31.7 Å². The van der Waals surface area contributed by atoms with Crippen LogP contribution in [0, 0.1) is 20.8 Å². The highest BCUT2D eigenvalue weighted by molar-refractivity contribution is 7.99. The van der Waals surface area contributed by atoms with Gasteiger partial charge in [0.15, 0.2) is 0 Å². The Morgan fingerprint density at radius 3 is 2.67 bits per heavy atom. The molecule has 1 saturated heterocycles. The molecular formula is C18H24N4OS. The van der Waals surface area contributed by atoms with E-state index in [0.717, 1.165) is 35.7 Å². The van der Waals surface area contributed by atoms with Crippen LogP contribution in [0.2, 0.25) is 0 Å². The van der Waals surface area contributed by atoms with Crippen LogP contribution < -0.4 is 10.2 Å². The second-order valence-electron chi connectivity index (χ2n) is 6.24. The van der Waals surface area contributed by atoms with Crippen LogP contribution in [0.4, 0.5) is 11.4 Å². The summed E-state index contributed by atoms with van der Waals surface area (Å²) in [7, 11) is 0. The molecule has 24 heavy (non-hydrogen) atoms. The topological polar surface area (TPSA) is 61.0 Å². The van der Waals surface area contributed by atoms with Crippen molar-refractivity contribution in [2.24, 2.45) is 0 Å². The molecule has 0 unspecified atom stereocenters. The number of aromatic amines is 1. The van der Waals surface area contributed by atoms with Crippen LogP contribution in [0.5, 0.6) is 0 Å². The van der Waals surface area contributed by atoms with Crippen molar-refractivity contribution in [3.63, 3.8) is 0 Å². The number of nitrogens with zero attached hydrogens (tertiary/aromatic N) is 2. The maximum atomic E-state index is 12.3. The van der Waals surface area contributed by atoms with Crippen LogP contribution in [-0.4, -0.2) is 40.7 Å². The van der Waals surface area contributed by atoms with Crippen molar-refractivity contribution >= 4 is 29.0 Å². The summed E-state index contributed by atoms with van der Waals surface area (Å²) in [5.41, 5.74) is 6.15. The number of carbonyl (C=O) groups excluding carboxylic acids is 1. The van der Waals surface area contributed by atoms with E-state index >= 15 is 0 Å². The minimum Gasteiger partial charge on any atom is -0.370 e. The van der Waals surface area contributed by atoms with E-state index in [4.69, 9.17) is 0 Å². The van der Waals surface area contributed by atoms with Crippen molar-refractivity contribution in [3.05, 3.63) is 40.7 Å². The Bertz CT molecular complexity index is 715. The Kier molecular flexibility index (Phi) is 5.14. The van der Waals surface area contributed by atoms with E-state index in [1.165, 1.54) is 22.8 Å². The van der Waals surface area contributed by atoms with Gasteiger partial charge in [-0.2, -0.15) is 16.9 Å². The lowest BCUT2D eigenvalue weighted by Crippen LogP contribution is -2.32. The van der Waals surface area contributed by atoms with Crippen LogP contribution in [0.1, 0.15) is 22.5 Å². The number of benzene rings is 1. The zero-order valence-corrected chi connectivity index (χ0v) is 15.3. The molecule has 0 radical (unpaired) electrons. The van der Waals surface area contributed by atoms with Crippen molar-refractivity contribution in [1.82, 2.24) is 10.2 Å². The van der Waals surface area contributed by atoms with E-state index in [-0.39, 0.29) is 5.91 Å². The van der Waals surface area contributed by atoms with Crippen LogP contribution in [0.3, 0.4) is 0 Å². The van der Waals surface area contributed by atoms with Gasteiger partial charge in [-0.05, 0) is 44.5 Å². The molecular weight excluding hydrogens is 320 g/mol. The maximum Gasteiger partial charge on any atom is 0.228 e. The highest BCUT2D eigenvalue weighted by Gasteiger charge is 2.15. The quantitative estimate of drug-likeness (QED) is 0.895. The van der Waals surface area contributed by atoms with Gasteiger partial charge in [0.2, 0.25) is 5.91 Å². The summed E-state index contributed by atoms with van der Waals surface area (Å²) in [6.45, 7) is 8.16. The number of aryl methyl sites for hydroxylation is 3. The molecule has 2 aromatic rings. The summed E-state index contributed by atoms with van der Waals surface area (Å²) in [5, 5.41) is 10.1. The van der Waals surface area contributed by atoms with Gasteiger partial charge < -0.3 is 10.2 Å². The Morgan fingerprint density at radius 1 is 1.29 bits per heavy atom. The first kappa shape index (κ1) is 16.9. The summed E-state index contributed by atoms with van der Waals surface area (Å²) in [6.07, 6.45) is 0.346. The Balaban J connectivity index is 1.67. The fourth-order valence-electron chi connectivity index (χ4n) is 3.09.